The van der Waals surface area contributed by atoms with Crippen molar-refractivity contribution in [3.63, 3.8) is 0 Å². The smallest absolute Gasteiger partial charge is 0.340 e. The molecule has 0 aliphatic heterocycles. The third-order valence-corrected chi connectivity index (χ3v) is 2.03. The van der Waals surface area contributed by atoms with Crippen LogP contribution < -0.4 is 0 Å². The van der Waals surface area contributed by atoms with Crippen molar-refractivity contribution in [1.82, 2.24) is 0 Å². The molecule has 1 aromatic rings. The molecule has 0 saturated heterocycles. The summed E-state index contributed by atoms with van der Waals surface area (Å²) in [5.74, 6) is -7.30. The van der Waals surface area contributed by atoms with Crippen LogP contribution in [0.25, 0.3) is 0 Å². The zero-order valence-corrected chi connectivity index (χ0v) is 8.30. The fourth-order valence-electron chi connectivity index (χ4n) is 1.20. The molecule has 3 heteroatoms. The molecule has 1 aliphatic rings. The first-order valence-corrected chi connectivity index (χ1v) is 4.40. The minimum absolute atomic E-state index is 1.09. The van der Waals surface area contributed by atoms with Crippen molar-refractivity contribution in [3.8, 4) is 0 Å². The summed E-state index contributed by atoms with van der Waals surface area (Å²) in [6, 6.07) is -6.57. The molecule has 0 amide bonds. The largest absolute Gasteiger partial charge is 0.479 e. The molecule has 0 heterocycles. The van der Waals surface area contributed by atoms with Crippen LogP contribution in [0.4, 0.5) is 0 Å². The van der Waals surface area contributed by atoms with E-state index in [-0.39, 0.29) is 0 Å². The lowest BCUT2D eigenvalue weighted by Crippen LogP contribution is -2.43. The minimum Gasteiger partial charge on any atom is -0.479 e. The number of carboxylic acid groups (broad SMARTS) is 1. The molecule has 92 valence electrons. The van der Waals surface area contributed by atoms with Crippen LogP contribution in [-0.2, 0) is 10.4 Å². The number of benzene rings is 1. The van der Waals surface area contributed by atoms with Gasteiger partial charge in [-0.3, -0.25) is 0 Å². The highest BCUT2D eigenvalue weighted by molar-refractivity contribution is 5.79. The van der Waals surface area contributed by atoms with Gasteiger partial charge in [-0.15, -0.1) is 0 Å². The Balaban J connectivity index is 3.25. The van der Waals surface area contributed by atoms with Crippen LogP contribution >= 0.6 is 0 Å². The molecule has 1 saturated carbocycles. The predicted octanol–water partition coefficient (Wildman–Crippen LogP) is 2.54. The molecule has 1 aliphatic carbocycles. The Morgan fingerprint density at radius 3 is 2.47 bits per heavy atom. The maximum absolute atomic E-state index is 12.3. The molecule has 0 spiro atoms. The van der Waals surface area contributed by atoms with Gasteiger partial charge in [0.05, 0.1) is 6.85 Å². The van der Waals surface area contributed by atoms with Gasteiger partial charge in [-0.1, -0.05) is 49.3 Å². The van der Waals surface area contributed by atoms with Crippen molar-refractivity contribution in [2.24, 2.45) is 5.89 Å². The average Bonchev–Trinajstić information content (AvgIpc) is 2.68. The van der Waals surface area contributed by atoms with Crippen molar-refractivity contribution in [2.45, 2.75) is 37.5 Å². The third-order valence-electron chi connectivity index (χ3n) is 2.03. The molecule has 1 unspecified atom stereocenters. The zero-order chi connectivity index (χ0) is 26.5. The molecule has 2 N–H and O–H groups in total. The molecular weight excluding hydrogens is 216 g/mol. The summed E-state index contributed by atoms with van der Waals surface area (Å²) in [7, 11) is 0. The topological polar surface area (TPSA) is 57.5 Å². The highest BCUT2D eigenvalue weighted by Crippen LogP contribution is 2.39. The molecule has 1 fully saturated rings. The van der Waals surface area contributed by atoms with E-state index in [0.717, 1.165) is 0 Å². The average molecular weight is 250 g/mol. The zero-order valence-electron chi connectivity index (χ0n) is 24.3. The Labute approximate surface area is 124 Å². The van der Waals surface area contributed by atoms with Gasteiger partial charge >= 0.3 is 5.97 Å². The third kappa shape index (κ3) is 2.20. The highest BCUT2D eigenvalue weighted by atomic mass is 16.4. The van der Waals surface area contributed by atoms with Crippen molar-refractivity contribution >= 4 is 5.97 Å². The summed E-state index contributed by atoms with van der Waals surface area (Å²) in [6.45, 7) is 0. The van der Waals surface area contributed by atoms with Crippen molar-refractivity contribution in [2.75, 3.05) is 0 Å². The van der Waals surface area contributed by atoms with E-state index < -0.39 is 85.1 Å². The lowest BCUT2D eigenvalue weighted by atomic mass is 9.73. The number of hydrogen-bond acceptors (Lipinski definition) is 2. The van der Waals surface area contributed by atoms with E-state index in [4.69, 9.17) is 21.9 Å². The van der Waals surface area contributed by atoms with E-state index in [2.05, 4.69) is 0 Å². The minimum atomic E-state index is -4.55. The summed E-state index contributed by atoms with van der Waals surface area (Å²) in [6.07, 6.45) is -21.1. The first-order chi connectivity index (χ1) is 14.4. The van der Waals surface area contributed by atoms with Gasteiger partial charge in [0.2, 0.25) is 0 Å². The lowest BCUT2D eigenvalue weighted by molar-refractivity contribution is -0.168. The highest BCUT2D eigenvalue weighted by Gasteiger charge is 2.45. The van der Waals surface area contributed by atoms with Gasteiger partial charge in [0.15, 0.2) is 5.60 Å². The first kappa shape index (κ1) is 3.15. The quantitative estimate of drug-likeness (QED) is 0.866. The summed E-state index contributed by atoms with van der Waals surface area (Å²) >= 11 is 0. The first-order valence-electron chi connectivity index (χ1n) is 12.4. The molecule has 17 heavy (non-hydrogen) atoms. The monoisotopic (exact) mass is 250 g/mol. The van der Waals surface area contributed by atoms with Crippen LogP contribution in [-0.4, -0.2) is 16.2 Å². The standard InChI is InChI=1S/C14H18O3/c15-13(16)14(17,11-7-3-1-4-8-11)12-9-5-2-6-10-12/h1,3-4,7-8,12,17H,2,5-6,9-10H2,(H,15,16)/i1D,2D2,3D,4D,5D2,6D2,7D,8D,9D2,10D2,12D. The second-order valence-corrected chi connectivity index (χ2v) is 3.02. The normalized spacial score (nSPS) is 51.1. The molecule has 2 rings (SSSR count). The van der Waals surface area contributed by atoms with Gasteiger partial charge in [-0.05, 0) is 18.3 Å². The maximum atomic E-state index is 12.3. The molecule has 3 nitrogen and oxygen atoms in total. The molecular formula is C14H18O3. The second-order valence-electron chi connectivity index (χ2n) is 3.02. The van der Waals surface area contributed by atoms with E-state index in [1.165, 1.54) is 0 Å². The van der Waals surface area contributed by atoms with Crippen LogP contribution in [0.15, 0.2) is 30.2 Å². The van der Waals surface area contributed by atoms with E-state index in [1.54, 1.807) is 0 Å². The van der Waals surface area contributed by atoms with E-state index in [1.807, 2.05) is 0 Å². The number of aliphatic hydroxyl groups is 1. The summed E-state index contributed by atoms with van der Waals surface area (Å²) in [4.78, 5) is 12.3. The van der Waals surface area contributed by atoms with E-state index >= 15 is 0 Å². The molecule has 0 bridgehead atoms. The van der Waals surface area contributed by atoms with Gasteiger partial charge in [0, 0.05) is 21.0 Å². The van der Waals surface area contributed by atoms with Crippen LogP contribution in [0.5, 0.6) is 0 Å². The van der Waals surface area contributed by atoms with Gasteiger partial charge in [-0.2, -0.15) is 0 Å². The summed E-state index contributed by atoms with van der Waals surface area (Å²) in [5, 5.41) is 21.1. The number of hydrogen-bond donors (Lipinski definition) is 2. The second kappa shape index (κ2) is 4.88. The Bertz CT molecular complexity index is 975. The van der Waals surface area contributed by atoms with Crippen LogP contribution in [0.1, 0.15) is 59.4 Å². The van der Waals surface area contributed by atoms with Gasteiger partial charge in [0.25, 0.3) is 0 Å². The van der Waals surface area contributed by atoms with Crippen LogP contribution in [0.3, 0.4) is 0 Å². The van der Waals surface area contributed by atoms with Gasteiger partial charge < -0.3 is 10.2 Å². The number of carboxylic acids is 1. The molecule has 0 radical (unpaired) electrons. The molecule has 0 aromatic heterocycles. The van der Waals surface area contributed by atoms with Crippen LogP contribution in [0.2, 0.25) is 0 Å². The Morgan fingerprint density at radius 1 is 1.35 bits per heavy atom. The Kier molecular flexibility index (Phi) is 0.905. The van der Waals surface area contributed by atoms with Gasteiger partial charge in [-0.25, -0.2) is 4.79 Å². The fourth-order valence-corrected chi connectivity index (χ4v) is 1.20. The summed E-state index contributed by atoms with van der Waals surface area (Å²) < 4.78 is 127. The SMILES string of the molecule is [2H]c1c([2H])c([2H])c(C(O)(C(=O)O)C2([2H])C([2H])([2H])C([2H])([2H])C([2H])([2H])C([2H])([2H])C2([2H])[2H])c([2H])c1[2H]. The Morgan fingerprint density at radius 2 is 1.94 bits per heavy atom. The van der Waals surface area contributed by atoms with Crippen molar-refractivity contribution < 1.29 is 36.9 Å². The molecule has 1 atom stereocenters. The lowest BCUT2D eigenvalue weighted by Gasteiger charge is -2.35. The number of rotatable bonds is 3. The van der Waals surface area contributed by atoms with Crippen molar-refractivity contribution in [3.05, 3.63) is 35.8 Å². The number of carbonyl (C=O) groups is 1. The summed E-state index contributed by atoms with van der Waals surface area (Å²) in [5.41, 5.74) is -6.22. The number of aliphatic carboxylic acids is 1. The fraction of sp³-hybridized carbons (Fsp3) is 0.500. The van der Waals surface area contributed by atoms with Gasteiger partial charge in [0.1, 0.15) is 0 Å². The van der Waals surface area contributed by atoms with Crippen LogP contribution in [0, 0.1) is 5.89 Å². The predicted molar refractivity (Wildman–Crippen MR) is 64.5 cm³/mol. The van der Waals surface area contributed by atoms with E-state index in [0.29, 0.717) is 0 Å². The van der Waals surface area contributed by atoms with E-state index in [9.17, 15) is 15.0 Å². The van der Waals surface area contributed by atoms with Crippen molar-refractivity contribution in [1.29, 1.82) is 0 Å². The molecule has 1 aromatic carbocycles. The maximum Gasteiger partial charge on any atom is 0.340 e. The Hall–Kier alpha value is -1.35.